The number of nitrogens with one attached hydrogen (secondary N) is 1. The predicted molar refractivity (Wildman–Crippen MR) is 142 cm³/mol. The minimum absolute atomic E-state index is 0.197. The lowest BCUT2D eigenvalue weighted by molar-refractivity contribution is -0.115. The highest BCUT2D eigenvalue weighted by molar-refractivity contribution is 8.18. The second-order valence-corrected chi connectivity index (χ2v) is 9.15. The molecule has 35 heavy (non-hydrogen) atoms. The summed E-state index contributed by atoms with van der Waals surface area (Å²) in [4.78, 5) is 17.5. The van der Waals surface area contributed by atoms with E-state index < -0.39 is 0 Å². The zero-order chi connectivity index (χ0) is 24.8. The van der Waals surface area contributed by atoms with Gasteiger partial charge in [-0.15, -0.1) is 0 Å². The number of rotatable bonds is 8. The van der Waals surface area contributed by atoms with Crippen LogP contribution in [0.1, 0.15) is 18.1 Å². The van der Waals surface area contributed by atoms with Crippen molar-refractivity contribution < 1.29 is 19.0 Å². The second kappa shape index (κ2) is 11.5. The SMILES string of the molecule is CCOc1cc(/C=C2\SC(=Nc3ccc(OC)cc3)NC2=O)ccc1OCc1c(Cl)cccc1Cl. The van der Waals surface area contributed by atoms with Crippen LogP contribution in [-0.4, -0.2) is 24.8 Å². The van der Waals surface area contributed by atoms with Gasteiger partial charge in [0, 0.05) is 15.6 Å². The molecule has 0 saturated carbocycles. The lowest BCUT2D eigenvalue weighted by Gasteiger charge is -2.14. The van der Waals surface area contributed by atoms with Gasteiger partial charge in [-0.3, -0.25) is 4.79 Å². The maximum atomic E-state index is 12.5. The summed E-state index contributed by atoms with van der Waals surface area (Å²) in [5, 5.41) is 4.37. The molecule has 0 spiro atoms. The number of benzene rings is 3. The molecule has 1 heterocycles. The topological polar surface area (TPSA) is 69.2 Å². The average molecular weight is 529 g/mol. The Kier molecular flexibility index (Phi) is 8.23. The van der Waals surface area contributed by atoms with Gasteiger partial charge >= 0.3 is 0 Å². The van der Waals surface area contributed by atoms with Crippen molar-refractivity contribution in [2.45, 2.75) is 13.5 Å². The first-order valence-electron chi connectivity index (χ1n) is 10.7. The number of thioether (sulfide) groups is 1. The van der Waals surface area contributed by atoms with E-state index in [2.05, 4.69) is 10.3 Å². The monoisotopic (exact) mass is 528 g/mol. The van der Waals surface area contributed by atoms with Crippen LogP contribution >= 0.6 is 35.0 Å². The van der Waals surface area contributed by atoms with Gasteiger partial charge in [-0.1, -0.05) is 35.3 Å². The van der Waals surface area contributed by atoms with Crippen molar-refractivity contribution in [2.75, 3.05) is 13.7 Å². The van der Waals surface area contributed by atoms with E-state index in [0.717, 1.165) is 11.3 Å². The molecule has 180 valence electrons. The molecule has 0 unspecified atom stereocenters. The van der Waals surface area contributed by atoms with Crippen molar-refractivity contribution >= 4 is 57.8 Å². The number of aliphatic imine (C=N–C) groups is 1. The number of carbonyl (C=O) groups excluding carboxylic acids is 1. The third kappa shape index (κ3) is 6.31. The maximum Gasteiger partial charge on any atom is 0.264 e. The fourth-order valence-electron chi connectivity index (χ4n) is 3.23. The highest BCUT2D eigenvalue weighted by Gasteiger charge is 2.24. The number of carbonyl (C=O) groups is 1. The number of halogens is 2. The fourth-order valence-corrected chi connectivity index (χ4v) is 4.58. The fraction of sp³-hybridized carbons (Fsp3) is 0.154. The normalized spacial score (nSPS) is 15.4. The van der Waals surface area contributed by atoms with Crippen LogP contribution in [0.15, 0.2) is 70.6 Å². The molecular weight excluding hydrogens is 507 g/mol. The summed E-state index contributed by atoms with van der Waals surface area (Å²) in [6, 6.07) is 18.1. The molecule has 9 heteroatoms. The maximum absolute atomic E-state index is 12.5. The van der Waals surface area contributed by atoms with E-state index in [0.29, 0.717) is 49.5 Å². The van der Waals surface area contributed by atoms with Crippen molar-refractivity contribution in [3.63, 3.8) is 0 Å². The quantitative estimate of drug-likeness (QED) is 0.323. The number of hydrogen-bond acceptors (Lipinski definition) is 6. The summed E-state index contributed by atoms with van der Waals surface area (Å²) in [6.45, 7) is 2.54. The van der Waals surface area contributed by atoms with Crippen LogP contribution < -0.4 is 19.5 Å². The predicted octanol–water partition coefficient (Wildman–Crippen LogP) is 6.87. The van der Waals surface area contributed by atoms with E-state index in [4.69, 9.17) is 37.4 Å². The van der Waals surface area contributed by atoms with E-state index in [9.17, 15) is 4.79 Å². The van der Waals surface area contributed by atoms with Crippen molar-refractivity contribution in [3.05, 3.63) is 86.7 Å². The number of amidine groups is 1. The van der Waals surface area contributed by atoms with E-state index in [-0.39, 0.29) is 12.5 Å². The first-order chi connectivity index (χ1) is 17.0. The standard InChI is InChI=1S/C26H22Cl2N2O4S/c1-3-33-23-13-16(7-12-22(23)34-15-19-20(27)5-4-6-21(19)28)14-24-25(31)30-26(35-24)29-17-8-10-18(32-2)11-9-17/h4-14H,3,15H2,1-2H3,(H,29,30,31)/b24-14-. The third-order valence-corrected chi connectivity index (χ3v) is 6.57. The Morgan fingerprint density at radius 2 is 1.74 bits per heavy atom. The molecule has 1 aliphatic heterocycles. The van der Waals surface area contributed by atoms with Crippen molar-refractivity contribution in [1.29, 1.82) is 0 Å². The van der Waals surface area contributed by atoms with Crippen LogP contribution in [0.5, 0.6) is 17.2 Å². The largest absolute Gasteiger partial charge is 0.497 e. The third-order valence-electron chi connectivity index (χ3n) is 4.95. The summed E-state index contributed by atoms with van der Waals surface area (Å²) in [5.41, 5.74) is 2.21. The van der Waals surface area contributed by atoms with Crippen LogP contribution in [0.25, 0.3) is 6.08 Å². The zero-order valence-electron chi connectivity index (χ0n) is 19.0. The Labute approximate surface area is 217 Å². The molecule has 0 atom stereocenters. The molecule has 1 saturated heterocycles. The van der Waals surface area contributed by atoms with E-state index in [1.54, 1.807) is 37.5 Å². The Morgan fingerprint density at radius 3 is 2.43 bits per heavy atom. The van der Waals surface area contributed by atoms with Gasteiger partial charge in [-0.25, -0.2) is 4.99 Å². The van der Waals surface area contributed by atoms with Gasteiger partial charge in [0.1, 0.15) is 12.4 Å². The molecule has 0 bridgehead atoms. The van der Waals surface area contributed by atoms with Gasteiger partial charge in [0.25, 0.3) is 5.91 Å². The Hall–Kier alpha value is -3.13. The van der Waals surface area contributed by atoms with Crippen molar-refractivity contribution in [2.24, 2.45) is 4.99 Å². The Morgan fingerprint density at radius 1 is 1.00 bits per heavy atom. The average Bonchev–Trinajstić information content (AvgIpc) is 3.18. The molecular formula is C26H22Cl2N2O4S. The summed E-state index contributed by atoms with van der Waals surface area (Å²) < 4.78 is 16.9. The molecule has 0 radical (unpaired) electrons. The van der Waals surface area contributed by atoms with Gasteiger partial charge < -0.3 is 19.5 Å². The summed E-state index contributed by atoms with van der Waals surface area (Å²) in [7, 11) is 1.61. The zero-order valence-corrected chi connectivity index (χ0v) is 21.3. The summed E-state index contributed by atoms with van der Waals surface area (Å²) in [6.07, 6.45) is 1.79. The van der Waals surface area contributed by atoms with Crippen molar-refractivity contribution in [3.8, 4) is 17.2 Å². The number of methoxy groups -OCH3 is 1. The lowest BCUT2D eigenvalue weighted by atomic mass is 10.2. The molecule has 6 nitrogen and oxygen atoms in total. The molecule has 0 aliphatic carbocycles. The molecule has 3 aromatic carbocycles. The minimum Gasteiger partial charge on any atom is -0.497 e. The molecule has 0 aromatic heterocycles. The van der Waals surface area contributed by atoms with Crippen LogP contribution in [0.3, 0.4) is 0 Å². The van der Waals surface area contributed by atoms with Gasteiger partial charge in [0.05, 0.1) is 24.3 Å². The molecule has 1 N–H and O–H groups in total. The Balaban J connectivity index is 1.51. The smallest absolute Gasteiger partial charge is 0.264 e. The van der Waals surface area contributed by atoms with E-state index >= 15 is 0 Å². The van der Waals surface area contributed by atoms with Gasteiger partial charge in [0.2, 0.25) is 0 Å². The number of hydrogen-bond donors (Lipinski definition) is 1. The second-order valence-electron chi connectivity index (χ2n) is 7.31. The lowest BCUT2D eigenvalue weighted by Crippen LogP contribution is -2.19. The molecule has 1 aliphatic rings. The molecule has 1 fully saturated rings. The number of amides is 1. The van der Waals surface area contributed by atoms with Crippen LogP contribution in [-0.2, 0) is 11.4 Å². The van der Waals surface area contributed by atoms with E-state index in [1.165, 1.54) is 11.8 Å². The van der Waals surface area contributed by atoms with Crippen LogP contribution in [0.2, 0.25) is 10.0 Å². The van der Waals surface area contributed by atoms with Gasteiger partial charge in [0.15, 0.2) is 16.7 Å². The molecule has 3 aromatic rings. The van der Waals surface area contributed by atoms with E-state index in [1.807, 2.05) is 43.3 Å². The highest BCUT2D eigenvalue weighted by atomic mass is 35.5. The van der Waals surface area contributed by atoms with Gasteiger partial charge in [-0.2, -0.15) is 0 Å². The Bertz CT molecular complexity index is 1270. The summed E-state index contributed by atoms with van der Waals surface area (Å²) in [5.74, 6) is 1.63. The van der Waals surface area contributed by atoms with Crippen molar-refractivity contribution in [1.82, 2.24) is 5.32 Å². The minimum atomic E-state index is -0.214. The number of nitrogens with zero attached hydrogens (tertiary/aromatic N) is 1. The first kappa shape index (κ1) is 25.0. The van der Waals surface area contributed by atoms with Crippen LogP contribution in [0.4, 0.5) is 5.69 Å². The first-order valence-corrected chi connectivity index (χ1v) is 12.3. The highest BCUT2D eigenvalue weighted by Crippen LogP contribution is 2.34. The molecule has 1 amide bonds. The number of ether oxygens (including phenoxy) is 3. The summed E-state index contributed by atoms with van der Waals surface area (Å²) >= 11 is 13.8. The van der Waals surface area contributed by atoms with Gasteiger partial charge in [-0.05, 0) is 78.9 Å². The molecule has 4 rings (SSSR count). The van der Waals surface area contributed by atoms with Crippen LogP contribution in [0, 0.1) is 0 Å².